The Labute approximate surface area is 117 Å². The maximum absolute atomic E-state index is 12.0. The monoisotopic (exact) mass is 266 g/mol. The first kappa shape index (κ1) is 12.6. The molecule has 20 heavy (non-hydrogen) atoms. The molecule has 0 aliphatic carbocycles. The lowest BCUT2D eigenvalue weighted by Crippen LogP contribution is -2.30. The van der Waals surface area contributed by atoms with Crippen molar-refractivity contribution in [2.24, 2.45) is 4.99 Å². The fraction of sp³-hybridized carbons (Fsp3) is 0.125. The van der Waals surface area contributed by atoms with E-state index in [0.29, 0.717) is 0 Å². The fourth-order valence-electron chi connectivity index (χ4n) is 2.38. The van der Waals surface area contributed by atoms with E-state index in [1.54, 1.807) is 0 Å². The van der Waals surface area contributed by atoms with Gasteiger partial charge in [-0.2, -0.15) is 5.06 Å². The Kier molecular flexibility index (Phi) is 3.31. The maximum Gasteiger partial charge on any atom is 0.292 e. The highest BCUT2D eigenvalue weighted by Gasteiger charge is 2.26. The molecule has 100 valence electrons. The number of hydroxylamine groups is 1. The minimum Gasteiger partial charge on any atom is -0.274 e. The molecule has 2 aromatic rings. The van der Waals surface area contributed by atoms with E-state index in [4.69, 9.17) is 4.84 Å². The molecule has 1 heterocycles. The van der Waals surface area contributed by atoms with E-state index in [1.807, 2.05) is 54.6 Å². The van der Waals surface area contributed by atoms with Gasteiger partial charge in [-0.25, -0.2) is 0 Å². The molecule has 1 unspecified atom stereocenters. The number of anilines is 1. The molecule has 2 aromatic carbocycles. The third-order valence-corrected chi connectivity index (χ3v) is 3.28. The molecule has 0 bridgehead atoms. The van der Waals surface area contributed by atoms with Crippen LogP contribution >= 0.6 is 0 Å². The van der Waals surface area contributed by atoms with Crippen LogP contribution in [0.2, 0.25) is 0 Å². The predicted molar refractivity (Wildman–Crippen MR) is 77.7 cm³/mol. The molecule has 0 saturated carbocycles. The van der Waals surface area contributed by atoms with Gasteiger partial charge in [-0.1, -0.05) is 48.5 Å². The van der Waals surface area contributed by atoms with Gasteiger partial charge in [-0.15, -0.1) is 0 Å². The standard InChI is InChI=1S/C16H14N2O2/c1-20-18-14-10-6-5-9-13(14)16(17-11-15(18)19)12-7-3-2-4-8-12/h2-11,16H,1H3. The van der Waals surface area contributed by atoms with Crippen molar-refractivity contribution >= 4 is 17.8 Å². The topological polar surface area (TPSA) is 41.9 Å². The molecule has 0 radical (unpaired) electrons. The van der Waals surface area contributed by atoms with Crippen LogP contribution in [0.15, 0.2) is 59.6 Å². The first-order valence-corrected chi connectivity index (χ1v) is 6.36. The molecule has 0 fully saturated rings. The van der Waals surface area contributed by atoms with Crippen molar-refractivity contribution in [2.45, 2.75) is 6.04 Å². The zero-order valence-electron chi connectivity index (χ0n) is 11.1. The second-order valence-electron chi connectivity index (χ2n) is 4.47. The second-order valence-corrected chi connectivity index (χ2v) is 4.47. The average Bonchev–Trinajstić information content (AvgIpc) is 2.64. The first-order valence-electron chi connectivity index (χ1n) is 6.36. The molecule has 1 atom stereocenters. The van der Waals surface area contributed by atoms with Crippen LogP contribution in [0.3, 0.4) is 0 Å². The zero-order valence-corrected chi connectivity index (χ0v) is 11.1. The van der Waals surface area contributed by atoms with Crippen LogP contribution in [0.4, 0.5) is 5.69 Å². The number of amides is 1. The largest absolute Gasteiger partial charge is 0.292 e. The summed E-state index contributed by atoms with van der Waals surface area (Å²) in [5.74, 6) is -0.279. The maximum atomic E-state index is 12.0. The Morgan fingerprint density at radius 2 is 1.75 bits per heavy atom. The zero-order chi connectivity index (χ0) is 13.9. The van der Waals surface area contributed by atoms with E-state index < -0.39 is 0 Å². The smallest absolute Gasteiger partial charge is 0.274 e. The number of aliphatic imine (C=N–C) groups is 1. The van der Waals surface area contributed by atoms with E-state index in [1.165, 1.54) is 18.4 Å². The fourth-order valence-corrected chi connectivity index (χ4v) is 2.38. The molecule has 0 N–H and O–H groups in total. The molecule has 4 heteroatoms. The molecular weight excluding hydrogens is 252 g/mol. The molecule has 1 amide bonds. The average molecular weight is 266 g/mol. The van der Waals surface area contributed by atoms with E-state index >= 15 is 0 Å². The number of hydrogen-bond donors (Lipinski definition) is 0. The highest BCUT2D eigenvalue weighted by atomic mass is 16.7. The van der Waals surface area contributed by atoms with Crippen LogP contribution in [0, 0.1) is 0 Å². The number of fused-ring (bicyclic) bond motifs is 1. The summed E-state index contributed by atoms with van der Waals surface area (Å²) in [4.78, 5) is 21.6. The SMILES string of the molecule is CON1C(=O)C=NC(c2ccccc2)c2ccccc21. The third-order valence-electron chi connectivity index (χ3n) is 3.28. The van der Waals surface area contributed by atoms with Crippen LogP contribution in [0.1, 0.15) is 17.2 Å². The summed E-state index contributed by atoms with van der Waals surface area (Å²) in [6.07, 6.45) is 1.32. The van der Waals surface area contributed by atoms with Crippen LogP contribution < -0.4 is 5.06 Å². The van der Waals surface area contributed by atoms with Gasteiger partial charge in [0.25, 0.3) is 5.91 Å². The molecular formula is C16H14N2O2. The minimum atomic E-state index is -0.279. The summed E-state index contributed by atoms with van der Waals surface area (Å²) in [6, 6.07) is 17.4. The van der Waals surface area contributed by atoms with Crippen molar-refractivity contribution < 1.29 is 9.63 Å². The number of para-hydroxylation sites is 1. The lowest BCUT2D eigenvalue weighted by atomic mass is 9.98. The van der Waals surface area contributed by atoms with Crippen LogP contribution in [-0.2, 0) is 9.63 Å². The number of carbonyl (C=O) groups is 1. The van der Waals surface area contributed by atoms with E-state index in [-0.39, 0.29) is 11.9 Å². The number of rotatable bonds is 2. The van der Waals surface area contributed by atoms with Gasteiger partial charge in [-0.05, 0) is 11.6 Å². The Bertz CT molecular complexity index is 653. The molecule has 0 spiro atoms. The summed E-state index contributed by atoms with van der Waals surface area (Å²) < 4.78 is 0. The molecule has 4 nitrogen and oxygen atoms in total. The Balaban J connectivity index is 2.17. The second kappa shape index (κ2) is 5.27. The normalized spacial score (nSPS) is 17.8. The number of carbonyl (C=O) groups excluding carboxylic acids is 1. The van der Waals surface area contributed by atoms with Crippen LogP contribution in [-0.4, -0.2) is 19.2 Å². The third kappa shape index (κ3) is 2.10. The van der Waals surface area contributed by atoms with Crippen molar-refractivity contribution in [3.8, 4) is 0 Å². The van der Waals surface area contributed by atoms with Crippen molar-refractivity contribution in [1.29, 1.82) is 0 Å². The minimum absolute atomic E-state index is 0.198. The van der Waals surface area contributed by atoms with E-state index in [2.05, 4.69) is 4.99 Å². The number of nitrogens with zero attached hydrogens (tertiary/aromatic N) is 2. The lowest BCUT2D eigenvalue weighted by molar-refractivity contribution is -0.117. The van der Waals surface area contributed by atoms with E-state index in [9.17, 15) is 4.79 Å². The van der Waals surface area contributed by atoms with Gasteiger partial charge in [0.15, 0.2) is 0 Å². The van der Waals surface area contributed by atoms with Gasteiger partial charge in [0.2, 0.25) is 0 Å². The molecule has 1 aliphatic heterocycles. The van der Waals surface area contributed by atoms with Gasteiger partial charge >= 0.3 is 0 Å². The molecule has 0 saturated heterocycles. The number of benzene rings is 2. The molecule has 0 aromatic heterocycles. The quantitative estimate of drug-likeness (QED) is 0.838. The summed E-state index contributed by atoms with van der Waals surface area (Å²) in [5.41, 5.74) is 2.72. The summed E-state index contributed by atoms with van der Waals surface area (Å²) >= 11 is 0. The van der Waals surface area contributed by atoms with E-state index in [0.717, 1.165) is 16.8 Å². The highest BCUT2D eigenvalue weighted by Crippen LogP contribution is 2.35. The predicted octanol–water partition coefficient (Wildman–Crippen LogP) is 2.75. The van der Waals surface area contributed by atoms with Gasteiger partial charge in [0.05, 0.1) is 19.0 Å². The van der Waals surface area contributed by atoms with Crippen LogP contribution in [0.25, 0.3) is 0 Å². The Morgan fingerprint density at radius 3 is 2.50 bits per heavy atom. The van der Waals surface area contributed by atoms with Crippen molar-refractivity contribution in [1.82, 2.24) is 0 Å². The number of hydrogen-bond acceptors (Lipinski definition) is 3. The molecule has 1 aliphatic rings. The van der Waals surface area contributed by atoms with Crippen LogP contribution in [0.5, 0.6) is 0 Å². The first-order chi connectivity index (χ1) is 9.81. The highest BCUT2D eigenvalue weighted by molar-refractivity contribution is 6.32. The van der Waals surface area contributed by atoms with Gasteiger partial charge in [0.1, 0.15) is 6.04 Å². The Morgan fingerprint density at radius 1 is 1.05 bits per heavy atom. The summed E-state index contributed by atoms with van der Waals surface area (Å²) in [5, 5.41) is 1.27. The van der Waals surface area contributed by atoms with Gasteiger partial charge < -0.3 is 0 Å². The Hall–Kier alpha value is -2.46. The van der Waals surface area contributed by atoms with Crippen molar-refractivity contribution in [2.75, 3.05) is 12.2 Å². The molecule has 3 rings (SSSR count). The summed E-state index contributed by atoms with van der Waals surface area (Å²) in [7, 11) is 1.48. The van der Waals surface area contributed by atoms with Crippen molar-refractivity contribution in [3.63, 3.8) is 0 Å². The van der Waals surface area contributed by atoms with Gasteiger partial charge in [-0.3, -0.25) is 14.6 Å². The van der Waals surface area contributed by atoms with Crippen molar-refractivity contribution in [3.05, 3.63) is 65.7 Å². The summed E-state index contributed by atoms with van der Waals surface area (Å²) in [6.45, 7) is 0. The lowest BCUT2D eigenvalue weighted by Gasteiger charge is -2.20. The van der Waals surface area contributed by atoms with Gasteiger partial charge in [0, 0.05) is 5.56 Å².